The lowest BCUT2D eigenvalue weighted by Crippen LogP contribution is -2.32. The van der Waals surface area contributed by atoms with Crippen molar-refractivity contribution in [2.24, 2.45) is 11.0 Å². The predicted molar refractivity (Wildman–Crippen MR) is 127 cm³/mol. The number of aliphatic carboxylic acids is 1. The van der Waals surface area contributed by atoms with E-state index in [-0.39, 0.29) is 30.7 Å². The number of rotatable bonds is 5. The summed E-state index contributed by atoms with van der Waals surface area (Å²) < 4.78 is 2.00. The Kier molecular flexibility index (Phi) is 6.72. The summed E-state index contributed by atoms with van der Waals surface area (Å²) >= 11 is 6.94. The Morgan fingerprint density at radius 1 is 1.03 bits per heavy atom. The predicted octanol–water partition coefficient (Wildman–Crippen LogP) is 6.20. The average molecular weight is 546 g/mol. The van der Waals surface area contributed by atoms with Crippen LogP contribution in [0.1, 0.15) is 49.3 Å². The van der Waals surface area contributed by atoms with E-state index in [0.29, 0.717) is 0 Å². The van der Waals surface area contributed by atoms with Crippen molar-refractivity contribution in [1.82, 2.24) is 5.01 Å². The average Bonchev–Trinajstić information content (AvgIpc) is 3.15. The van der Waals surface area contributed by atoms with Crippen LogP contribution in [-0.4, -0.2) is 27.7 Å². The number of amides is 1. The molecule has 5 nitrogen and oxygen atoms in total. The van der Waals surface area contributed by atoms with Crippen LogP contribution in [0, 0.1) is 5.92 Å². The third-order valence-electron chi connectivity index (χ3n) is 5.73. The molecule has 2 atom stereocenters. The summed E-state index contributed by atoms with van der Waals surface area (Å²) in [5.41, 5.74) is 4.21. The van der Waals surface area contributed by atoms with Crippen molar-refractivity contribution in [1.29, 1.82) is 0 Å². The summed E-state index contributed by atoms with van der Waals surface area (Å²) in [4.78, 5) is 24.0. The number of hydrogen-bond donors (Lipinski definition) is 1. The van der Waals surface area contributed by atoms with Gasteiger partial charge in [0.05, 0.1) is 18.2 Å². The molecule has 1 aliphatic carbocycles. The van der Waals surface area contributed by atoms with Gasteiger partial charge in [-0.1, -0.05) is 56.1 Å². The van der Waals surface area contributed by atoms with Gasteiger partial charge in [-0.3, -0.25) is 9.59 Å². The van der Waals surface area contributed by atoms with Gasteiger partial charge in [0.15, 0.2) is 0 Å². The quantitative estimate of drug-likeness (QED) is 0.486. The molecule has 0 spiro atoms. The molecule has 7 heteroatoms. The zero-order chi connectivity index (χ0) is 22.0. The molecule has 2 aromatic rings. The number of carboxylic acids is 1. The summed E-state index contributed by atoms with van der Waals surface area (Å²) in [6.45, 7) is 0. The second-order valence-corrected chi connectivity index (χ2v) is 9.66. The zero-order valence-electron chi connectivity index (χ0n) is 16.8. The van der Waals surface area contributed by atoms with Crippen LogP contribution >= 0.6 is 31.9 Å². The van der Waals surface area contributed by atoms with E-state index in [1.54, 1.807) is 0 Å². The fourth-order valence-corrected chi connectivity index (χ4v) is 4.82. The van der Waals surface area contributed by atoms with E-state index in [2.05, 4.69) is 50.1 Å². The van der Waals surface area contributed by atoms with Crippen molar-refractivity contribution in [3.05, 3.63) is 74.2 Å². The smallest absolute Gasteiger partial charge is 0.303 e. The molecule has 0 aromatic heterocycles. The highest BCUT2D eigenvalue weighted by Crippen LogP contribution is 2.44. The summed E-state index contributed by atoms with van der Waals surface area (Å²) in [5, 5.41) is 15.3. The molecule has 1 heterocycles. The topological polar surface area (TPSA) is 70.0 Å². The first-order valence-electron chi connectivity index (χ1n) is 10.3. The standard InChI is InChI=1S/C24H22Br2N2O3/c25-18-8-4-15(5-9-18)14-17-2-1-3-20-23(17)27-28(21(29)12-13-22(30)31)24(20)16-6-10-19(26)11-7-16/h4-11,14,20,24H,1-3,12-13H2,(H,30,31)/b17-14-. The molecule has 0 saturated heterocycles. The number of halogens is 2. The molecule has 2 aromatic carbocycles. The van der Waals surface area contributed by atoms with Crippen LogP contribution in [0.2, 0.25) is 0 Å². The Labute approximate surface area is 198 Å². The number of fused-ring (bicyclic) bond motifs is 1. The van der Waals surface area contributed by atoms with Gasteiger partial charge in [-0.15, -0.1) is 0 Å². The first-order valence-corrected chi connectivity index (χ1v) is 11.9. The Balaban J connectivity index is 1.70. The Hall–Kier alpha value is -2.25. The van der Waals surface area contributed by atoms with Crippen LogP contribution in [0.25, 0.3) is 6.08 Å². The number of carboxylic acid groups (broad SMARTS) is 1. The molecule has 0 bridgehead atoms. The lowest BCUT2D eigenvalue weighted by molar-refractivity contribution is -0.141. The van der Waals surface area contributed by atoms with Gasteiger partial charge >= 0.3 is 5.97 Å². The number of hydrogen-bond acceptors (Lipinski definition) is 3. The summed E-state index contributed by atoms with van der Waals surface area (Å²) in [5.74, 6) is -1.13. The van der Waals surface area contributed by atoms with Crippen molar-refractivity contribution < 1.29 is 14.7 Å². The van der Waals surface area contributed by atoms with Gasteiger partial charge in [0.25, 0.3) is 0 Å². The highest BCUT2D eigenvalue weighted by molar-refractivity contribution is 9.10. The number of carbonyl (C=O) groups is 2. The molecule has 1 saturated carbocycles. The van der Waals surface area contributed by atoms with Gasteiger partial charge in [0.1, 0.15) is 0 Å². The first kappa shape index (κ1) is 22.0. The van der Waals surface area contributed by atoms with E-state index in [1.165, 1.54) is 5.01 Å². The molecule has 1 N–H and O–H groups in total. The molecule has 4 rings (SSSR count). The van der Waals surface area contributed by atoms with E-state index in [4.69, 9.17) is 10.2 Å². The maximum atomic E-state index is 13.0. The van der Waals surface area contributed by atoms with Crippen LogP contribution in [-0.2, 0) is 9.59 Å². The fourth-order valence-electron chi connectivity index (χ4n) is 4.29. The maximum Gasteiger partial charge on any atom is 0.303 e. The van der Waals surface area contributed by atoms with Crippen LogP contribution in [0.3, 0.4) is 0 Å². The molecule has 1 aliphatic heterocycles. The van der Waals surface area contributed by atoms with E-state index >= 15 is 0 Å². The molecule has 2 unspecified atom stereocenters. The minimum atomic E-state index is -0.978. The molecule has 1 amide bonds. The van der Waals surface area contributed by atoms with Gasteiger partial charge in [0.2, 0.25) is 5.91 Å². The fraction of sp³-hybridized carbons (Fsp3) is 0.292. The lowest BCUT2D eigenvalue weighted by atomic mass is 9.77. The number of nitrogens with zero attached hydrogens (tertiary/aromatic N) is 2. The van der Waals surface area contributed by atoms with E-state index in [0.717, 1.165) is 50.6 Å². The van der Waals surface area contributed by atoms with Gasteiger partial charge in [-0.25, -0.2) is 5.01 Å². The summed E-state index contributed by atoms with van der Waals surface area (Å²) in [7, 11) is 0. The Bertz CT molecular complexity index is 1050. The Morgan fingerprint density at radius 3 is 2.32 bits per heavy atom. The zero-order valence-corrected chi connectivity index (χ0v) is 20.0. The highest BCUT2D eigenvalue weighted by Gasteiger charge is 2.43. The molecular weight excluding hydrogens is 524 g/mol. The van der Waals surface area contributed by atoms with Crippen molar-refractivity contribution in [3.63, 3.8) is 0 Å². The number of carbonyl (C=O) groups excluding carboxylic acids is 1. The summed E-state index contributed by atoms with van der Waals surface area (Å²) in [6, 6.07) is 15.9. The van der Waals surface area contributed by atoms with Gasteiger partial charge in [0, 0.05) is 21.3 Å². The molecule has 0 radical (unpaired) electrons. The molecule has 160 valence electrons. The molecular formula is C24H22Br2N2O3. The van der Waals surface area contributed by atoms with E-state index in [9.17, 15) is 9.59 Å². The highest BCUT2D eigenvalue weighted by atomic mass is 79.9. The third kappa shape index (κ3) is 4.99. The van der Waals surface area contributed by atoms with Crippen LogP contribution < -0.4 is 0 Å². The second-order valence-electron chi connectivity index (χ2n) is 7.83. The van der Waals surface area contributed by atoms with Crippen molar-refractivity contribution in [2.45, 2.75) is 38.1 Å². The van der Waals surface area contributed by atoms with E-state index < -0.39 is 5.97 Å². The van der Waals surface area contributed by atoms with Crippen molar-refractivity contribution in [2.75, 3.05) is 0 Å². The normalized spacial score (nSPS) is 21.7. The lowest BCUT2D eigenvalue weighted by Gasteiger charge is -2.29. The monoisotopic (exact) mass is 544 g/mol. The summed E-state index contributed by atoms with van der Waals surface area (Å²) in [6.07, 6.45) is 4.78. The second kappa shape index (κ2) is 9.49. The molecule has 31 heavy (non-hydrogen) atoms. The maximum absolute atomic E-state index is 13.0. The van der Waals surface area contributed by atoms with Crippen LogP contribution in [0.5, 0.6) is 0 Å². The Morgan fingerprint density at radius 2 is 1.68 bits per heavy atom. The van der Waals surface area contributed by atoms with Gasteiger partial charge in [-0.05, 0) is 66.3 Å². The van der Waals surface area contributed by atoms with Crippen LogP contribution in [0.15, 0.2) is 68.2 Å². The van der Waals surface area contributed by atoms with Crippen molar-refractivity contribution in [3.8, 4) is 0 Å². The third-order valence-corrected chi connectivity index (χ3v) is 6.79. The minimum absolute atomic E-state index is 0.0579. The first-order chi connectivity index (χ1) is 14.9. The minimum Gasteiger partial charge on any atom is -0.481 e. The molecule has 1 fully saturated rings. The molecule has 2 aliphatic rings. The van der Waals surface area contributed by atoms with Gasteiger partial charge < -0.3 is 5.11 Å². The van der Waals surface area contributed by atoms with E-state index in [1.807, 2.05) is 36.4 Å². The van der Waals surface area contributed by atoms with Crippen molar-refractivity contribution >= 4 is 55.5 Å². The number of hydrazone groups is 1. The van der Waals surface area contributed by atoms with Crippen LogP contribution in [0.4, 0.5) is 0 Å². The number of allylic oxidation sites excluding steroid dienone is 1. The SMILES string of the molecule is O=C(O)CCC(=O)N1N=C2/C(=C\c3ccc(Br)cc3)CCCC2C1c1ccc(Br)cc1. The van der Waals surface area contributed by atoms with Gasteiger partial charge in [-0.2, -0.15) is 5.10 Å². The largest absolute Gasteiger partial charge is 0.481 e. The number of benzene rings is 2.